The van der Waals surface area contributed by atoms with Crippen molar-refractivity contribution in [2.45, 2.75) is 6.04 Å². The fourth-order valence-corrected chi connectivity index (χ4v) is 4.46. The number of para-hydroxylation sites is 1. The van der Waals surface area contributed by atoms with E-state index in [1.807, 2.05) is 18.2 Å². The lowest BCUT2D eigenvalue weighted by atomic mass is 9.95. The summed E-state index contributed by atoms with van der Waals surface area (Å²) in [5.41, 5.74) is 3.81. The Bertz CT molecular complexity index is 1620. The zero-order valence-corrected chi connectivity index (χ0v) is 17.7. The molecule has 3 aromatic carbocycles. The van der Waals surface area contributed by atoms with Crippen LogP contribution in [0.3, 0.4) is 0 Å². The molecular weight excluding hydrogens is 432 g/mol. The monoisotopic (exact) mass is 450 g/mol. The lowest BCUT2D eigenvalue weighted by Crippen LogP contribution is -2.30. The van der Waals surface area contributed by atoms with Gasteiger partial charge in [-0.05, 0) is 48.0 Å². The van der Waals surface area contributed by atoms with E-state index in [1.54, 1.807) is 48.8 Å². The topological polar surface area (TPSA) is 123 Å². The van der Waals surface area contributed by atoms with E-state index >= 15 is 0 Å². The number of fused-ring (bicyclic) bond motifs is 2. The molecule has 0 fully saturated rings. The Kier molecular flexibility index (Phi) is 4.28. The van der Waals surface area contributed by atoms with Crippen LogP contribution >= 0.6 is 0 Å². The van der Waals surface area contributed by atoms with Crippen LogP contribution in [0.15, 0.2) is 84.9 Å². The number of phenolic OH excluding ortho intramolecular Hbond substituents is 2. The molecule has 34 heavy (non-hydrogen) atoms. The molecule has 2 aromatic heterocycles. The number of nitrogens with one attached hydrogen (secondary N) is 1. The SMILES string of the molecule is O=C1C(O)=C(c2ccc(O)cc2)C(c2ccc3cccc(O)c3n2)N1c1ccc2[nH]cnc2c1. The first-order valence-corrected chi connectivity index (χ1v) is 10.6. The number of benzene rings is 3. The van der Waals surface area contributed by atoms with Crippen molar-refractivity contribution in [1.29, 1.82) is 0 Å². The van der Waals surface area contributed by atoms with Gasteiger partial charge in [0.1, 0.15) is 23.1 Å². The van der Waals surface area contributed by atoms with Gasteiger partial charge in [0.25, 0.3) is 5.91 Å². The van der Waals surface area contributed by atoms with Gasteiger partial charge in [0.2, 0.25) is 0 Å². The smallest absolute Gasteiger partial charge is 0.294 e. The minimum atomic E-state index is -0.780. The van der Waals surface area contributed by atoms with Gasteiger partial charge in [-0.3, -0.25) is 9.69 Å². The van der Waals surface area contributed by atoms with Crippen LogP contribution in [0.25, 0.3) is 27.5 Å². The van der Waals surface area contributed by atoms with E-state index in [-0.39, 0.29) is 11.5 Å². The Balaban J connectivity index is 1.59. The molecule has 1 atom stereocenters. The van der Waals surface area contributed by atoms with Crippen LogP contribution in [-0.2, 0) is 4.79 Å². The van der Waals surface area contributed by atoms with E-state index in [1.165, 1.54) is 17.0 Å². The van der Waals surface area contributed by atoms with Crippen molar-refractivity contribution >= 4 is 39.1 Å². The van der Waals surface area contributed by atoms with E-state index in [9.17, 15) is 20.1 Å². The minimum absolute atomic E-state index is 0.0209. The predicted molar refractivity (Wildman–Crippen MR) is 127 cm³/mol. The maximum absolute atomic E-state index is 13.4. The number of hydrogen-bond acceptors (Lipinski definition) is 6. The highest BCUT2D eigenvalue weighted by Gasteiger charge is 2.43. The van der Waals surface area contributed by atoms with Gasteiger partial charge in [-0.2, -0.15) is 0 Å². The molecule has 0 bridgehead atoms. The number of aliphatic hydroxyl groups is 1. The van der Waals surface area contributed by atoms with E-state index in [0.717, 1.165) is 10.9 Å². The third-order valence-corrected chi connectivity index (χ3v) is 6.07. The van der Waals surface area contributed by atoms with Crippen LogP contribution in [0.4, 0.5) is 5.69 Å². The number of aromatic amines is 1. The van der Waals surface area contributed by atoms with Crippen LogP contribution in [0.1, 0.15) is 17.3 Å². The molecule has 1 unspecified atom stereocenters. The van der Waals surface area contributed by atoms with E-state index in [4.69, 9.17) is 0 Å². The van der Waals surface area contributed by atoms with Gasteiger partial charge in [0.15, 0.2) is 5.76 Å². The van der Waals surface area contributed by atoms with Crippen LogP contribution in [0.5, 0.6) is 11.5 Å². The Labute approximate surface area is 193 Å². The number of H-pyrrole nitrogens is 1. The van der Waals surface area contributed by atoms with Crippen molar-refractivity contribution in [3.05, 3.63) is 96.1 Å². The number of nitrogens with zero attached hydrogens (tertiary/aromatic N) is 3. The maximum Gasteiger partial charge on any atom is 0.294 e. The molecule has 1 amide bonds. The van der Waals surface area contributed by atoms with Crippen LogP contribution < -0.4 is 4.90 Å². The van der Waals surface area contributed by atoms with Gasteiger partial charge in [0, 0.05) is 16.6 Å². The predicted octanol–water partition coefficient (Wildman–Crippen LogP) is 4.58. The normalized spacial score (nSPS) is 16.2. The maximum atomic E-state index is 13.4. The number of imidazole rings is 1. The van der Waals surface area contributed by atoms with Crippen LogP contribution in [0.2, 0.25) is 0 Å². The minimum Gasteiger partial charge on any atom is -0.508 e. The number of phenols is 2. The van der Waals surface area contributed by atoms with Crippen molar-refractivity contribution in [3.8, 4) is 11.5 Å². The number of aromatic hydroxyl groups is 2. The molecule has 1 aliphatic heterocycles. The van der Waals surface area contributed by atoms with Gasteiger partial charge >= 0.3 is 0 Å². The first-order valence-electron chi connectivity index (χ1n) is 10.6. The number of pyridine rings is 1. The number of amides is 1. The lowest BCUT2D eigenvalue weighted by Gasteiger charge is -2.27. The third-order valence-electron chi connectivity index (χ3n) is 6.07. The average molecular weight is 450 g/mol. The van der Waals surface area contributed by atoms with Crippen LogP contribution in [-0.4, -0.2) is 36.2 Å². The number of anilines is 1. The number of carbonyl (C=O) groups is 1. The zero-order chi connectivity index (χ0) is 23.4. The van der Waals surface area contributed by atoms with Gasteiger partial charge in [0.05, 0.1) is 23.1 Å². The first kappa shape index (κ1) is 19.8. The summed E-state index contributed by atoms with van der Waals surface area (Å²) >= 11 is 0. The summed E-state index contributed by atoms with van der Waals surface area (Å²) in [6.07, 6.45) is 1.57. The third kappa shape index (κ3) is 2.96. The largest absolute Gasteiger partial charge is 0.508 e. The van der Waals surface area contributed by atoms with Crippen molar-refractivity contribution in [3.63, 3.8) is 0 Å². The van der Waals surface area contributed by atoms with Gasteiger partial charge < -0.3 is 20.3 Å². The van der Waals surface area contributed by atoms with Gasteiger partial charge in [-0.25, -0.2) is 9.97 Å². The fourth-order valence-electron chi connectivity index (χ4n) is 4.46. The fraction of sp³-hybridized carbons (Fsp3) is 0.0385. The summed E-state index contributed by atoms with van der Waals surface area (Å²) in [6.45, 7) is 0. The van der Waals surface area contributed by atoms with E-state index in [0.29, 0.717) is 33.6 Å². The molecule has 166 valence electrons. The van der Waals surface area contributed by atoms with Gasteiger partial charge in [-0.1, -0.05) is 30.3 Å². The zero-order valence-electron chi connectivity index (χ0n) is 17.7. The summed E-state index contributed by atoms with van der Waals surface area (Å²) < 4.78 is 0. The molecule has 5 aromatic rings. The molecule has 4 N–H and O–H groups in total. The lowest BCUT2D eigenvalue weighted by molar-refractivity contribution is -0.117. The highest BCUT2D eigenvalue weighted by Crippen LogP contribution is 2.45. The standard InChI is InChI=1S/C26H18N4O4/c31-17-8-4-14(5-9-17)22-24(19-10-6-15-2-1-3-21(32)23(15)29-19)30(26(34)25(22)33)16-7-11-18-20(12-16)28-13-27-18/h1-13,24,31-33H,(H,27,28). The quantitative estimate of drug-likeness (QED) is 0.319. The molecule has 3 heterocycles. The summed E-state index contributed by atoms with van der Waals surface area (Å²) in [4.78, 5) is 26.9. The highest BCUT2D eigenvalue weighted by molar-refractivity contribution is 6.16. The van der Waals surface area contributed by atoms with Gasteiger partial charge in [-0.15, -0.1) is 0 Å². The molecule has 0 radical (unpaired) electrons. The Hall–Kier alpha value is -4.85. The number of aliphatic hydroxyl groups excluding tert-OH is 1. The summed E-state index contributed by atoms with van der Waals surface area (Å²) in [6, 6.07) is 19.6. The van der Waals surface area contributed by atoms with Crippen molar-refractivity contribution in [2.24, 2.45) is 0 Å². The van der Waals surface area contributed by atoms with E-state index in [2.05, 4.69) is 15.0 Å². The molecule has 0 aliphatic carbocycles. The van der Waals surface area contributed by atoms with E-state index < -0.39 is 17.7 Å². The molecule has 8 heteroatoms. The molecule has 0 saturated heterocycles. The molecule has 6 rings (SSSR count). The average Bonchev–Trinajstić information content (AvgIpc) is 3.42. The Morgan fingerprint density at radius 2 is 1.74 bits per heavy atom. The Morgan fingerprint density at radius 3 is 2.56 bits per heavy atom. The Morgan fingerprint density at radius 1 is 0.912 bits per heavy atom. The summed E-state index contributed by atoms with van der Waals surface area (Å²) in [5, 5.41) is 31.9. The number of rotatable bonds is 3. The first-order chi connectivity index (χ1) is 16.5. The molecular formula is C26H18N4O4. The number of carbonyl (C=O) groups excluding carboxylic acids is 1. The highest BCUT2D eigenvalue weighted by atomic mass is 16.3. The molecule has 8 nitrogen and oxygen atoms in total. The molecule has 0 spiro atoms. The second-order valence-electron chi connectivity index (χ2n) is 8.08. The molecule has 1 aliphatic rings. The van der Waals surface area contributed by atoms with Crippen LogP contribution in [0, 0.1) is 0 Å². The van der Waals surface area contributed by atoms with Crippen molar-refractivity contribution in [1.82, 2.24) is 15.0 Å². The summed E-state index contributed by atoms with van der Waals surface area (Å²) in [7, 11) is 0. The summed E-state index contributed by atoms with van der Waals surface area (Å²) in [5.74, 6) is -0.897. The van der Waals surface area contributed by atoms with Crippen molar-refractivity contribution in [2.75, 3.05) is 4.90 Å². The second kappa shape index (κ2) is 7.35. The molecule has 0 saturated carbocycles. The van der Waals surface area contributed by atoms with Crippen molar-refractivity contribution < 1.29 is 20.1 Å². The number of aromatic nitrogens is 3. The number of hydrogen-bond donors (Lipinski definition) is 4. The second-order valence-corrected chi connectivity index (χ2v) is 8.08.